The zero-order valence-corrected chi connectivity index (χ0v) is 11.6. The highest BCUT2D eigenvalue weighted by Crippen LogP contribution is 2.13. The lowest BCUT2D eigenvalue weighted by Gasteiger charge is -2.19. The number of amides is 1. The van der Waals surface area contributed by atoms with Crippen molar-refractivity contribution in [1.29, 1.82) is 0 Å². The maximum absolute atomic E-state index is 11.5. The minimum atomic E-state index is -1.46. The molecule has 6 heteroatoms. The maximum atomic E-state index is 11.5. The molecule has 1 amide bonds. The van der Waals surface area contributed by atoms with Crippen LogP contribution in [0.15, 0.2) is 24.3 Å². The molecule has 0 bridgehead atoms. The van der Waals surface area contributed by atoms with E-state index >= 15 is 0 Å². The van der Waals surface area contributed by atoms with Crippen molar-refractivity contribution >= 4 is 23.5 Å². The Balaban J connectivity index is 2.61. The molecule has 2 N–H and O–H groups in total. The standard InChI is InChI=1S/C14H17NO5/c1-14(2,3)20-13(19)15-10-6-4-9(5-7-10)8-11(16)12(17)18/h4-7H,8H2,1-3H3,(H,15,19)(H,17,18). The Bertz CT molecular complexity index is 513. The zero-order valence-electron chi connectivity index (χ0n) is 11.6. The average molecular weight is 279 g/mol. The van der Waals surface area contributed by atoms with Gasteiger partial charge in [-0.25, -0.2) is 9.59 Å². The predicted octanol–water partition coefficient (Wildman–Crippen LogP) is 2.23. The Morgan fingerprint density at radius 3 is 2.15 bits per heavy atom. The van der Waals surface area contributed by atoms with Gasteiger partial charge in [0.1, 0.15) is 5.60 Å². The molecule has 1 aromatic carbocycles. The smallest absolute Gasteiger partial charge is 0.412 e. The molecule has 20 heavy (non-hydrogen) atoms. The minimum absolute atomic E-state index is 0.179. The molecule has 0 spiro atoms. The van der Waals surface area contributed by atoms with E-state index in [0.29, 0.717) is 11.3 Å². The lowest BCUT2D eigenvalue weighted by Crippen LogP contribution is -2.27. The van der Waals surface area contributed by atoms with Crippen LogP contribution >= 0.6 is 0 Å². The van der Waals surface area contributed by atoms with Crippen LogP contribution in [0.2, 0.25) is 0 Å². The number of nitrogens with one attached hydrogen (secondary N) is 1. The molecule has 0 aliphatic heterocycles. The number of Topliss-reactive ketones (excluding diaryl/α,β-unsaturated/α-hetero) is 1. The molecule has 0 unspecified atom stereocenters. The quantitative estimate of drug-likeness (QED) is 0.824. The number of carbonyl (C=O) groups is 3. The third-order valence-corrected chi connectivity index (χ3v) is 2.20. The van der Waals surface area contributed by atoms with Gasteiger partial charge < -0.3 is 9.84 Å². The Morgan fingerprint density at radius 1 is 1.15 bits per heavy atom. The van der Waals surface area contributed by atoms with E-state index in [2.05, 4.69) is 5.32 Å². The van der Waals surface area contributed by atoms with Crippen LogP contribution < -0.4 is 5.32 Å². The lowest BCUT2D eigenvalue weighted by molar-refractivity contribution is -0.148. The Hall–Kier alpha value is -2.37. The van der Waals surface area contributed by atoms with E-state index in [0.717, 1.165) is 0 Å². The highest BCUT2D eigenvalue weighted by Gasteiger charge is 2.16. The van der Waals surface area contributed by atoms with Crippen molar-refractivity contribution in [1.82, 2.24) is 0 Å². The molecular formula is C14H17NO5. The summed E-state index contributed by atoms with van der Waals surface area (Å²) in [4.78, 5) is 33.0. The first kappa shape index (κ1) is 15.7. The molecule has 1 rings (SSSR count). The van der Waals surface area contributed by atoms with Crippen LogP contribution in [0, 0.1) is 0 Å². The summed E-state index contributed by atoms with van der Waals surface area (Å²) in [5, 5.41) is 11.0. The number of benzene rings is 1. The number of rotatable bonds is 4. The molecule has 0 fully saturated rings. The molecule has 0 atom stereocenters. The van der Waals surface area contributed by atoms with Crippen LogP contribution in [-0.2, 0) is 20.7 Å². The van der Waals surface area contributed by atoms with Crippen LogP contribution in [0.25, 0.3) is 0 Å². The van der Waals surface area contributed by atoms with Gasteiger partial charge >= 0.3 is 12.1 Å². The van der Waals surface area contributed by atoms with Gasteiger partial charge in [-0.2, -0.15) is 0 Å². The van der Waals surface area contributed by atoms with Gasteiger partial charge in [-0.05, 0) is 38.5 Å². The zero-order chi connectivity index (χ0) is 15.3. The molecule has 1 aromatic rings. The van der Waals surface area contributed by atoms with Crippen molar-refractivity contribution in [2.75, 3.05) is 5.32 Å². The molecule has 0 aromatic heterocycles. The highest BCUT2D eigenvalue weighted by molar-refractivity contribution is 6.33. The number of carboxylic acid groups (broad SMARTS) is 1. The normalized spacial score (nSPS) is 10.8. The molecule has 108 valence electrons. The van der Waals surface area contributed by atoms with Gasteiger partial charge in [0.15, 0.2) is 0 Å². The summed E-state index contributed by atoms with van der Waals surface area (Å²) in [6, 6.07) is 6.31. The summed E-state index contributed by atoms with van der Waals surface area (Å²) >= 11 is 0. The molecule has 0 saturated heterocycles. The van der Waals surface area contributed by atoms with Gasteiger partial charge in [0.05, 0.1) is 0 Å². The van der Waals surface area contributed by atoms with E-state index in [4.69, 9.17) is 9.84 Å². The van der Waals surface area contributed by atoms with Gasteiger partial charge in [-0.1, -0.05) is 12.1 Å². The topological polar surface area (TPSA) is 92.7 Å². The van der Waals surface area contributed by atoms with E-state index in [9.17, 15) is 14.4 Å². The molecule has 0 aliphatic rings. The van der Waals surface area contributed by atoms with Gasteiger partial charge in [0, 0.05) is 12.1 Å². The van der Waals surface area contributed by atoms with E-state index in [1.54, 1.807) is 45.0 Å². The fraction of sp³-hybridized carbons (Fsp3) is 0.357. The van der Waals surface area contributed by atoms with Crippen molar-refractivity contribution in [2.24, 2.45) is 0 Å². The number of hydrogen-bond donors (Lipinski definition) is 2. The third kappa shape index (κ3) is 5.51. The second kappa shape index (κ2) is 6.18. The number of carboxylic acids is 1. The first-order valence-corrected chi connectivity index (χ1v) is 6.02. The van der Waals surface area contributed by atoms with Crippen molar-refractivity contribution in [2.45, 2.75) is 32.8 Å². The predicted molar refractivity (Wildman–Crippen MR) is 72.6 cm³/mol. The first-order chi connectivity index (χ1) is 9.17. The highest BCUT2D eigenvalue weighted by atomic mass is 16.6. The Labute approximate surface area is 116 Å². The summed E-state index contributed by atoms with van der Waals surface area (Å²) in [6.45, 7) is 5.27. The van der Waals surface area contributed by atoms with Gasteiger partial charge in [-0.15, -0.1) is 0 Å². The van der Waals surface area contributed by atoms with Gasteiger partial charge in [0.2, 0.25) is 5.78 Å². The second-order valence-electron chi connectivity index (χ2n) is 5.23. The van der Waals surface area contributed by atoms with E-state index in [-0.39, 0.29) is 6.42 Å². The maximum Gasteiger partial charge on any atom is 0.412 e. The number of anilines is 1. The number of ketones is 1. The largest absolute Gasteiger partial charge is 0.475 e. The van der Waals surface area contributed by atoms with Crippen LogP contribution in [0.5, 0.6) is 0 Å². The monoisotopic (exact) mass is 279 g/mol. The molecule has 0 saturated carbocycles. The van der Waals surface area contributed by atoms with E-state index in [1.165, 1.54) is 0 Å². The SMILES string of the molecule is CC(C)(C)OC(=O)Nc1ccc(CC(=O)C(=O)O)cc1. The molecule has 0 heterocycles. The Morgan fingerprint density at radius 2 is 1.70 bits per heavy atom. The summed E-state index contributed by atoms with van der Waals surface area (Å²) in [5.41, 5.74) is 0.482. The number of carbonyl (C=O) groups excluding carboxylic acids is 2. The third-order valence-electron chi connectivity index (χ3n) is 2.20. The summed E-state index contributed by atoms with van der Waals surface area (Å²) in [5.74, 6) is -2.33. The van der Waals surface area contributed by atoms with E-state index < -0.39 is 23.4 Å². The number of ether oxygens (including phenoxy) is 1. The van der Waals surface area contributed by atoms with Crippen LogP contribution in [0.4, 0.5) is 10.5 Å². The summed E-state index contributed by atoms with van der Waals surface area (Å²) in [7, 11) is 0. The van der Waals surface area contributed by atoms with Gasteiger partial charge in [-0.3, -0.25) is 10.1 Å². The molecule has 6 nitrogen and oxygen atoms in total. The van der Waals surface area contributed by atoms with Crippen molar-refractivity contribution in [3.63, 3.8) is 0 Å². The molecular weight excluding hydrogens is 262 g/mol. The molecule has 0 aliphatic carbocycles. The minimum Gasteiger partial charge on any atom is -0.475 e. The van der Waals surface area contributed by atoms with Crippen LogP contribution in [0.3, 0.4) is 0 Å². The fourth-order valence-corrected chi connectivity index (χ4v) is 1.39. The van der Waals surface area contributed by atoms with Crippen LogP contribution in [0.1, 0.15) is 26.3 Å². The number of hydrogen-bond acceptors (Lipinski definition) is 4. The Kier molecular flexibility index (Phi) is 4.85. The second-order valence-corrected chi connectivity index (χ2v) is 5.23. The van der Waals surface area contributed by atoms with Crippen molar-refractivity contribution in [3.05, 3.63) is 29.8 Å². The van der Waals surface area contributed by atoms with Crippen molar-refractivity contribution in [3.8, 4) is 0 Å². The first-order valence-electron chi connectivity index (χ1n) is 6.02. The summed E-state index contributed by atoms with van der Waals surface area (Å²) < 4.78 is 5.09. The van der Waals surface area contributed by atoms with Gasteiger partial charge in [0.25, 0.3) is 0 Å². The number of aliphatic carboxylic acids is 1. The van der Waals surface area contributed by atoms with Crippen molar-refractivity contribution < 1.29 is 24.2 Å². The molecule has 0 radical (unpaired) electrons. The lowest BCUT2D eigenvalue weighted by atomic mass is 10.1. The fourth-order valence-electron chi connectivity index (χ4n) is 1.39. The average Bonchev–Trinajstić information content (AvgIpc) is 2.28. The van der Waals surface area contributed by atoms with E-state index in [1.807, 2.05) is 0 Å². The van der Waals surface area contributed by atoms with Crippen LogP contribution in [-0.4, -0.2) is 28.6 Å². The summed E-state index contributed by atoms with van der Waals surface area (Å²) in [6.07, 6.45) is -0.756.